The number of hydrogen-bond acceptors (Lipinski definition) is 2. The lowest BCUT2D eigenvalue weighted by Crippen LogP contribution is -2.35. The summed E-state index contributed by atoms with van der Waals surface area (Å²) < 4.78 is 0. The van der Waals surface area contributed by atoms with Crippen molar-refractivity contribution in [2.45, 2.75) is 36.6 Å². The van der Waals surface area contributed by atoms with Crippen molar-refractivity contribution in [3.8, 4) is 0 Å². The molecule has 2 nitrogen and oxygen atoms in total. The number of fused-ring (bicyclic) bond motifs is 1. The molecule has 2 aliphatic rings. The summed E-state index contributed by atoms with van der Waals surface area (Å²) in [6.45, 7) is 0. The van der Waals surface area contributed by atoms with Crippen molar-refractivity contribution in [1.29, 1.82) is 0 Å². The van der Waals surface area contributed by atoms with Crippen molar-refractivity contribution in [3.05, 3.63) is 42.0 Å². The van der Waals surface area contributed by atoms with Gasteiger partial charge >= 0.3 is 0 Å². The third kappa shape index (κ3) is 2.86. The summed E-state index contributed by atoms with van der Waals surface area (Å²) in [5, 5.41) is 3.26. The predicted molar refractivity (Wildman–Crippen MR) is 79.1 cm³/mol. The minimum atomic E-state index is 0.173. The molecule has 1 aromatic carbocycles. The smallest absolute Gasteiger partial charge is 0.223 e. The van der Waals surface area contributed by atoms with Crippen molar-refractivity contribution in [3.63, 3.8) is 0 Å². The summed E-state index contributed by atoms with van der Waals surface area (Å²) in [4.78, 5) is 13.6. The lowest BCUT2D eigenvalue weighted by molar-refractivity contribution is -0.126. The maximum atomic E-state index is 12.3. The highest BCUT2D eigenvalue weighted by molar-refractivity contribution is 7.99. The number of carbonyl (C=O) groups excluding carboxylic acids is 1. The van der Waals surface area contributed by atoms with Crippen LogP contribution in [0.2, 0.25) is 0 Å². The molecule has 2 atom stereocenters. The highest BCUT2D eigenvalue weighted by atomic mass is 32.2. The Hall–Kier alpha value is -1.22. The third-order valence-electron chi connectivity index (χ3n) is 3.91. The molecular weight excluding hydrogens is 254 g/mol. The Labute approximate surface area is 118 Å². The molecule has 1 amide bonds. The third-order valence-corrected chi connectivity index (χ3v) is 5.04. The number of hydrogen-bond donors (Lipinski definition) is 1. The van der Waals surface area contributed by atoms with Gasteiger partial charge in [-0.05, 0) is 37.3 Å². The van der Waals surface area contributed by atoms with Gasteiger partial charge in [-0.2, -0.15) is 0 Å². The van der Waals surface area contributed by atoms with Gasteiger partial charge in [0.05, 0.1) is 6.04 Å². The summed E-state index contributed by atoms with van der Waals surface area (Å²) in [5.74, 6) is 1.50. The van der Waals surface area contributed by atoms with Gasteiger partial charge in [0.1, 0.15) is 0 Å². The molecule has 1 aliphatic carbocycles. The number of amides is 1. The molecule has 1 aliphatic heterocycles. The first-order valence-electron chi connectivity index (χ1n) is 7.01. The number of thioether (sulfide) groups is 1. The molecular formula is C16H19NOS. The van der Waals surface area contributed by atoms with Crippen LogP contribution in [0.1, 0.15) is 37.3 Å². The minimum absolute atomic E-state index is 0.173. The van der Waals surface area contributed by atoms with Crippen LogP contribution >= 0.6 is 11.8 Å². The molecule has 0 fully saturated rings. The zero-order valence-corrected chi connectivity index (χ0v) is 11.8. The van der Waals surface area contributed by atoms with E-state index < -0.39 is 0 Å². The van der Waals surface area contributed by atoms with E-state index in [1.165, 1.54) is 10.5 Å². The molecule has 100 valence electrons. The van der Waals surface area contributed by atoms with Crippen molar-refractivity contribution in [2.75, 3.05) is 5.75 Å². The van der Waals surface area contributed by atoms with Crippen molar-refractivity contribution < 1.29 is 4.79 Å². The Morgan fingerprint density at radius 1 is 1.21 bits per heavy atom. The Balaban J connectivity index is 1.70. The topological polar surface area (TPSA) is 29.1 Å². The van der Waals surface area contributed by atoms with Crippen LogP contribution in [0.3, 0.4) is 0 Å². The molecule has 0 saturated carbocycles. The van der Waals surface area contributed by atoms with Crippen LogP contribution in [-0.2, 0) is 4.79 Å². The van der Waals surface area contributed by atoms with Crippen LogP contribution in [0.4, 0.5) is 0 Å². The van der Waals surface area contributed by atoms with E-state index in [9.17, 15) is 4.79 Å². The largest absolute Gasteiger partial charge is 0.349 e. The molecule has 0 saturated heterocycles. The van der Waals surface area contributed by atoms with E-state index in [0.29, 0.717) is 0 Å². The Kier molecular flexibility index (Phi) is 3.92. The summed E-state index contributed by atoms with van der Waals surface area (Å²) >= 11 is 1.89. The van der Waals surface area contributed by atoms with Gasteiger partial charge in [-0.1, -0.05) is 30.4 Å². The number of carbonyl (C=O) groups is 1. The van der Waals surface area contributed by atoms with Crippen LogP contribution < -0.4 is 5.32 Å². The first-order valence-corrected chi connectivity index (χ1v) is 8.00. The molecule has 0 unspecified atom stereocenters. The quantitative estimate of drug-likeness (QED) is 0.833. The fraction of sp³-hybridized carbons (Fsp3) is 0.438. The number of rotatable bonds is 2. The van der Waals surface area contributed by atoms with Gasteiger partial charge in [0, 0.05) is 16.6 Å². The molecule has 0 aromatic heterocycles. The normalized spacial score (nSPS) is 25.7. The minimum Gasteiger partial charge on any atom is -0.349 e. The second-order valence-electron chi connectivity index (χ2n) is 5.22. The van der Waals surface area contributed by atoms with E-state index >= 15 is 0 Å². The molecule has 0 spiro atoms. The summed E-state index contributed by atoms with van der Waals surface area (Å²) in [7, 11) is 0. The van der Waals surface area contributed by atoms with Crippen LogP contribution in [-0.4, -0.2) is 11.7 Å². The van der Waals surface area contributed by atoms with E-state index in [4.69, 9.17) is 0 Å². The zero-order valence-electron chi connectivity index (χ0n) is 11.0. The summed E-state index contributed by atoms with van der Waals surface area (Å²) in [5.41, 5.74) is 1.29. The monoisotopic (exact) mass is 273 g/mol. The predicted octanol–water partition coefficient (Wildman–Crippen LogP) is 3.70. The maximum Gasteiger partial charge on any atom is 0.223 e. The molecule has 3 heteroatoms. The van der Waals surface area contributed by atoms with Gasteiger partial charge in [0.2, 0.25) is 5.91 Å². The average Bonchev–Trinajstić information content (AvgIpc) is 2.48. The first-order chi connectivity index (χ1) is 9.34. The van der Waals surface area contributed by atoms with Gasteiger partial charge < -0.3 is 5.32 Å². The van der Waals surface area contributed by atoms with E-state index in [-0.39, 0.29) is 17.9 Å². The van der Waals surface area contributed by atoms with Crippen molar-refractivity contribution in [1.82, 2.24) is 5.32 Å². The Bertz CT molecular complexity index is 497. The summed E-state index contributed by atoms with van der Waals surface area (Å²) in [6.07, 6.45) is 8.28. The molecule has 0 bridgehead atoms. The molecule has 3 rings (SSSR count). The average molecular weight is 273 g/mol. The van der Waals surface area contributed by atoms with E-state index in [1.54, 1.807) is 0 Å². The fourth-order valence-corrected chi connectivity index (χ4v) is 3.94. The molecule has 19 heavy (non-hydrogen) atoms. The van der Waals surface area contributed by atoms with Gasteiger partial charge in [0.15, 0.2) is 0 Å². The molecule has 1 heterocycles. The van der Waals surface area contributed by atoms with Crippen molar-refractivity contribution in [2.24, 2.45) is 5.92 Å². The number of nitrogens with one attached hydrogen (secondary N) is 1. The highest BCUT2D eigenvalue weighted by Gasteiger charge is 2.25. The van der Waals surface area contributed by atoms with E-state index in [2.05, 4.69) is 41.7 Å². The van der Waals surface area contributed by atoms with Gasteiger partial charge in [-0.25, -0.2) is 0 Å². The fourth-order valence-electron chi connectivity index (χ4n) is 2.81. The number of allylic oxidation sites excluding steroid dienone is 2. The first kappa shape index (κ1) is 12.8. The van der Waals surface area contributed by atoms with Crippen molar-refractivity contribution >= 4 is 17.7 Å². The SMILES string of the molecule is O=C(N[C@H]1CCSc2ccccc21)[C@H]1CC=CCC1. The second kappa shape index (κ2) is 5.83. The lowest BCUT2D eigenvalue weighted by Gasteiger charge is -2.28. The highest BCUT2D eigenvalue weighted by Crippen LogP contribution is 2.36. The van der Waals surface area contributed by atoms with Crippen LogP contribution in [0.15, 0.2) is 41.3 Å². The second-order valence-corrected chi connectivity index (χ2v) is 6.35. The standard InChI is InChI=1S/C16H19NOS/c18-16(12-6-2-1-3-7-12)17-14-10-11-19-15-9-5-4-8-13(14)15/h1-2,4-5,8-9,12,14H,3,6-7,10-11H2,(H,17,18)/t12-,14-/m0/s1. The molecule has 1 aromatic rings. The van der Waals surface area contributed by atoms with Gasteiger partial charge in [-0.3, -0.25) is 4.79 Å². The van der Waals surface area contributed by atoms with Crippen LogP contribution in [0.25, 0.3) is 0 Å². The van der Waals surface area contributed by atoms with Crippen LogP contribution in [0.5, 0.6) is 0 Å². The van der Waals surface area contributed by atoms with E-state index in [0.717, 1.165) is 31.4 Å². The summed E-state index contributed by atoms with van der Waals surface area (Å²) in [6, 6.07) is 8.64. The lowest BCUT2D eigenvalue weighted by atomic mass is 9.92. The van der Waals surface area contributed by atoms with Gasteiger partial charge in [-0.15, -0.1) is 11.8 Å². The van der Waals surface area contributed by atoms with Gasteiger partial charge in [0.25, 0.3) is 0 Å². The molecule has 0 radical (unpaired) electrons. The number of benzene rings is 1. The Morgan fingerprint density at radius 3 is 2.95 bits per heavy atom. The molecule has 1 N–H and O–H groups in total. The maximum absolute atomic E-state index is 12.3. The zero-order chi connectivity index (χ0) is 13.1. The van der Waals surface area contributed by atoms with E-state index in [1.807, 2.05) is 11.8 Å². The Morgan fingerprint density at radius 2 is 2.11 bits per heavy atom. The van der Waals surface area contributed by atoms with Crippen LogP contribution in [0, 0.1) is 5.92 Å².